The van der Waals surface area contributed by atoms with Crippen molar-refractivity contribution in [3.8, 4) is 0 Å². The van der Waals surface area contributed by atoms with Crippen LogP contribution in [-0.4, -0.2) is 16.8 Å². The molecular weight excluding hydrogens is 276 g/mol. The van der Waals surface area contributed by atoms with Crippen molar-refractivity contribution in [3.05, 3.63) is 0 Å². The fourth-order valence-electron chi connectivity index (χ4n) is 1.70. The minimum atomic E-state index is -3.39. The van der Waals surface area contributed by atoms with Crippen LogP contribution in [0.1, 0.15) is 76.2 Å². The van der Waals surface area contributed by atoms with Gasteiger partial charge in [-0.1, -0.05) is 0 Å². The van der Waals surface area contributed by atoms with Crippen molar-refractivity contribution in [2.24, 2.45) is 0 Å². The molecule has 0 aromatic heterocycles. The van der Waals surface area contributed by atoms with Crippen LogP contribution in [0.5, 0.6) is 0 Å². The van der Waals surface area contributed by atoms with Gasteiger partial charge in [0.1, 0.15) is 0 Å². The van der Waals surface area contributed by atoms with Gasteiger partial charge in [0.15, 0.2) is 0 Å². The predicted molar refractivity (Wildman–Crippen MR) is 77.6 cm³/mol. The van der Waals surface area contributed by atoms with Gasteiger partial charge in [0.2, 0.25) is 0 Å². The van der Waals surface area contributed by atoms with Crippen molar-refractivity contribution < 1.29 is 27.7 Å². The van der Waals surface area contributed by atoms with Gasteiger partial charge in [0.25, 0.3) is 0 Å². The molecule has 0 rings (SSSR count). The summed E-state index contributed by atoms with van der Waals surface area (Å²) in [4.78, 5) is 0. The van der Waals surface area contributed by atoms with E-state index in [-0.39, 0.29) is 21.0 Å². The molecule has 0 aromatic carbocycles. The van der Waals surface area contributed by atoms with Crippen LogP contribution < -0.4 is 0 Å². The van der Waals surface area contributed by atoms with Crippen LogP contribution >= 0.6 is 0 Å². The summed E-state index contributed by atoms with van der Waals surface area (Å²) in [6.07, 6.45) is 0. The van der Waals surface area contributed by atoms with E-state index in [1.54, 1.807) is 0 Å². The first kappa shape index (κ1) is 19.6. The fraction of sp³-hybridized carbons (Fsp3) is 1.00. The average molecular weight is 310 g/mol. The van der Waals surface area contributed by atoms with E-state index in [0.29, 0.717) is 0 Å². The van der Waals surface area contributed by atoms with E-state index in [1.165, 1.54) is 0 Å². The second-order valence-corrected chi connectivity index (χ2v) is 13.0. The third-order valence-electron chi connectivity index (χ3n) is 2.05. The number of hydrogen-bond acceptors (Lipinski definition) is 3. The molecule has 0 atom stereocenters. The Bertz CT molecular complexity index is 238. The van der Waals surface area contributed by atoms with Gasteiger partial charge in [0, 0.05) is 0 Å². The normalized spacial score (nSPS) is 15.2. The Morgan fingerprint density at radius 1 is 0.579 bits per heavy atom. The van der Waals surface area contributed by atoms with Crippen LogP contribution in [0.4, 0.5) is 0 Å². The summed E-state index contributed by atoms with van der Waals surface area (Å²) < 4.78 is 19.4. The molecule has 0 bridgehead atoms. The van der Waals surface area contributed by atoms with Gasteiger partial charge >= 0.3 is 125 Å². The summed E-state index contributed by atoms with van der Waals surface area (Å²) in [6, 6.07) is 0. The Kier molecular flexibility index (Phi) is 6.34. The summed E-state index contributed by atoms with van der Waals surface area (Å²) in [5.41, 5.74) is -0.789. The molecule has 0 unspecified atom stereocenters. The van der Waals surface area contributed by atoms with E-state index in [4.69, 9.17) is 9.96 Å². The quantitative estimate of drug-likeness (QED) is 0.671. The Balaban J connectivity index is 5.48. The van der Waals surface area contributed by atoms with Crippen molar-refractivity contribution in [2.45, 2.75) is 97.2 Å². The van der Waals surface area contributed by atoms with Crippen LogP contribution in [-0.2, 0) is 27.7 Å². The maximum atomic E-state index is 6.38. The predicted octanol–water partition coefficient (Wildman–Crippen LogP) is 5.16. The molecular formula is C15H34O3Ti. The zero-order chi connectivity index (χ0) is 15.7. The minimum absolute atomic E-state index is 0.262. The van der Waals surface area contributed by atoms with Crippen molar-refractivity contribution >= 4 is 0 Å². The molecule has 0 saturated carbocycles. The molecule has 0 aliphatic rings. The second kappa shape index (κ2) is 6.15. The molecule has 3 nitrogen and oxygen atoms in total. The van der Waals surface area contributed by atoms with Crippen LogP contribution in [0.25, 0.3) is 0 Å². The molecule has 0 radical (unpaired) electrons. The third kappa shape index (κ3) is 8.47. The molecule has 0 spiro atoms. The van der Waals surface area contributed by atoms with Gasteiger partial charge in [-0.05, 0) is 0 Å². The van der Waals surface area contributed by atoms with Crippen LogP contribution in [0.15, 0.2) is 0 Å². The first-order valence-electron chi connectivity index (χ1n) is 7.17. The van der Waals surface area contributed by atoms with Crippen molar-refractivity contribution in [3.63, 3.8) is 0 Å². The van der Waals surface area contributed by atoms with E-state index >= 15 is 0 Å². The summed E-state index contributed by atoms with van der Waals surface area (Å²) in [5, 5.41) is 0. The number of hydrogen-bond donors (Lipinski definition) is 0. The van der Waals surface area contributed by atoms with Gasteiger partial charge in [-0.3, -0.25) is 0 Å². The molecule has 116 valence electrons. The molecule has 0 N–H and O–H groups in total. The average Bonchev–Trinajstić information content (AvgIpc) is 1.91. The Hall–Kier alpha value is 0.594. The Morgan fingerprint density at radius 2 is 0.789 bits per heavy atom. The van der Waals surface area contributed by atoms with Gasteiger partial charge < -0.3 is 0 Å². The van der Waals surface area contributed by atoms with Crippen LogP contribution in [0.2, 0.25) is 4.22 Å². The van der Waals surface area contributed by atoms with E-state index in [9.17, 15) is 0 Å². The molecule has 0 saturated heterocycles. The van der Waals surface area contributed by atoms with Crippen molar-refractivity contribution in [2.75, 3.05) is 0 Å². The monoisotopic (exact) mass is 310 g/mol. The zero-order valence-electron chi connectivity index (χ0n) is 14.8. The zero-order valence-corrected chi connectivity index (χ0v) is 16.4. The summed E-state index contributed by atoms with van der Waals surface area (Å²) in [6.45, 7) is 22.9. The van der Waals surface area contributed by atoms with Gasteiger partial charge in [-0.15, -0.1) is 0 Å². The third-order valence-corrected chi connectivity index (χ3v) is 8.46. The van der Waals surface area contributed by atoms with Gasteiger partial charge in [-0.2, -0.15) is 0 Å². The van der Waals surface area contributed by atoms with Crippen LogP contribution in [0, 0.1) is 0 Å². The molecule has 0 amide bonds. The molecule has 0 aromatic rings. The molecule has 0 aliphatic carbocycles. The summed E-state index contributed by atoms with van der Waals surface area (Å²) in [5.74, 6) is 0. The topological polar surface area (TPSA) is 27.7 Å². The van der Waals surface area contributed by atoms with E-state index in [1.807, 2.05) is 0 Å². The molecule has 0 fully saturated rings. The van der Waals surface area contributed by atoms with Crippen molar-refractivity contribution in [1.29, 1.82) is 0 Å². The van der Waals surface area contributed by atoms with Crippen LogP contribution in [0.3, 0.4) is 0 Å². The summed E-state index contributed by atoms with van der Waals surface area (Å²) >= 11 is -3.39. The fourth-order valence-corrected chi connectivity index (χ4v) is 6.99. The maximum absolute atomic E-state index is 6.38. The standard InChI is InChI=1S/3C4H9O.C3H7.Ti/c3*1-4(2,3)5;1-3-2;/h3*1-3H3;3H,1-2H3;/q3*-1;;+3. The SMILES string of the molecule is C[CH](C)[Ti]([O]C(C)(C)C)([O]C(C)(C)C)[O]C(C)(C)C. The molecule has 19 heavy (non-hydrogen) atoms. The van der Waals surface area contributed by atoms with E-state index in [2.05, 4.69) is 76.2 Å². The molecule has 4 heteroatoms. The van der Waals surface area contributed by atoms with E-state index in [0.717, 1.165) is 0 Å². The van der Waals surface area contributed by atoms with Gasteiger partial charge in [-0.25, -0.2) is 0 Å². The Morgan fingerprint density at radius 3 is 0.895 bits per heavy atom. The van der Waals surface area contributed by atoms with Gasteiger partial charge in [0.05, 0.1) is 0 Å². The first-order chi connectivity index (χ1) is 8.06. The van der Waals surface area contributed by atoms with Crippen molar-refractivity contribution in [1.82, 2.24) is 0 Å². The molecule has 0 aliphatic heterocycles. The summed E-state index contributed by atoms with van der Waals surface area (Å²) in [7, 11) is 0. The first-order valence-corrected chi connectivity index (χ1v) is 9.98. The second-order valence-electron chi connectivity index (χ2n) is 8.40. The Labute approximate surface area is 125 Å². The number of rotatable bonds is 4. The molecule has 0 heterocycles. The van der Waals surface area contributed by atoms with E-state index < -0.39 is 17.8 Å².